The molecule has 0 saturated heterocycles. The minimum atomic E-state index is -0.0538. The van der Waals surface area contributed by atoms with E-state index in [-0.39, 0.29) is 17.6 Å². The highest BCUT2D eigenvalue weighted by atomic mass is 16.1. The van der Waals surface area contributed by atoms with Gasteiger partial charge in [0.05, 0.1) is 0 Å². The average molecular weight is 297 g/mol. The first-order valence-corrected chi connectivity index (χ1v) is 7.08. The molecule has 122 valence electrons. The van der Waals surface area contributed by atoms with E-state index in [1.807, 2.05) is 64.0 Å². The molecule has 0 spiro atoms. The molecule has 0 aliphatic rings. The van der Waals surface area contributed by atoms with Crippen LogP contribution in [0.15, 0.2) is 24.3 Å². The fraction of sp³-hybridized carbons (Fsp3) is 0.625. The maximum atomic E-state index is 11.0. The fourth-order valence-corrected chi connectivity index (χ4v) is 1.03. The average Bonchev–Trinajstić information content (AvgIpc) is 2.38. The molecule has 0 heterocycles. The molecule has 21 heavy (non-hydrogen) atoms. The van der Waals surface area contributed by atoms with Crippen LogP contribution in [0.4, 0.5) is 0 Å². The third-order valence-electron chi connectivity index (χ3n) is 2.31. The number of allylic oxidation sites excluding steroid dienone is 1. The highest BCUT2D eigenvalue weighted by molar-refractivity contribution is 5.91. The minimum Gasteiger partial charge on any atom is -0.356 e. The van der Waals surface area contributed by atoms with Crippen molar-refractivity contribution in [3.8, 4) is 0 Å². The number of carbonyl (C=O) groups is 2. The topological polar surface area (TPSA) is 52.7 Å². The number of rotatable bonds is 7. The van der Waals surface area contributed by atoms with Gasteiger partial charge >= 0.3 is 0 Å². The molecule has 0 fully saturated rings. The van der Waals surface area contributed by atoms with Crippen molar-refractivity contribution in [3.63, 3.8) is 0 Å². The predicted molar refractivity (Wildman–Crippen MR) is 89.3 cm³/mol. The first-order chi connectivity index (χ1) is 9.70. The Hall–Kier alpha value is -1.46. The molecular formula is C16H31N3O2. The number of nitrogens with zero attached hydrogens (tertiary/aromatic N) is 2. The molecule has 0 radical (unpaired) electrons. The van der Waals surface area contributed by atoms with Crippen LogP contribution in [0.2, 0.25) is 0 Å². The third-order valence-corrected chi connectivity index (χ3v) is 2.31. The maximum Gasteiger partial charge on any atom is 0.243 e. The largest absolute Gasteiger partial charge is 0.356 e. The Morgan fingerprint density at radius 3 is 1.71 bits per heavy atom. The quantitative estimate of drug-likeness (QED) is 0.717. The summed E-state index contributed by atoms with van der Waals surface area (Å²) in [5.74, 6) is 0.266. The number of likely N-dealkylation sites (N-methyl/N-ethyl adjacent to an activating group) is 3. The van der Waals surface area contributed by atoms with E-state index in [4.69, 9.17) is 0 Å². The normalized spacial score (nSPS) is 11.3. The van der Waals surface area contributed by atoms with Crippen LogP contribution in [0, 0.1) is 5.92 Å². The van der Waals surface area contributed by atoms with Crippen molar-refractivity contribution in [1.29, 1.82) is 0 Å². The van der Waals surface area contributed by atoms with Gasteiger partial charge in [-0.25, -0.2) is 0 Å². The highest BCUT2D eigenvalue weighted by Crippen LogP contribution is 1.94. The standard InChI is InChI=1S/C9H17NO.C7H14N2O/c1-8(2)9(11)6-5-7-10(3)4;1-8-7(10)5-4-6-9(2)3/h5-6,8H,7H2,1-4H3;4-5H,6H2,1-3H3,(H,8,10)/b6-5+;5-4+. The number of amides is 1. The van der Waals surface area contributed by atoms with Crippen LogP contribution in [-0.4, -0.2) is 69.8 Å². The predicted octanol–water partition coefficient (Wildman–Crippen LogP) is 1.18. The summed E-state index contributed by atoms with van der Waals surface area (Å²) in [5, 5.41) is 2.49. The maximum absolute atomic E-state index is 11.0. The lowest BCUT2D eigenvalue weighted by atomic mass is 10.1. The van der Waals surface area contributed by atoms with Gasteiger partial charge in [-0.2, -0.15) is 0 Å². The van der Waals surface area contributed by atoms with Gasteiger partial charge in [-0.3, -0.25) is 9.59 Å². The van der Waals surface area contributed by atoms with Crippen LogP contribution in [0.5, 0.6) is 0 Å². The van der Waals surface area contributed by atoms with Gasteiger partial charge in [-0.15, -0.1) is 0 Å². The zero-order chi connectivity index (χ0) is 16.8. The van der Waals surface area contributed by atoms with Gasteiger partial charge in [-0.05, 0) is 34.3 Å². The molecule has 1 N–H and O–H groups in total. The third kappa shape index (κ3) is 18.5. The Morgan fingerprint density at radius 2 is 1.38 bits per heavy atom. The van der Waals surface area contributed by atoms with Gasteiger partial charge < -0.3 is 15.1 Å². The second-order valence-corrected chi connectivity index (χ2v) is 5.50. The van der Waals surface area contributed by atoms with E-state index in [9.17, 15) is 9.59 Å². The molecule has 5 nitrogen and oxygen atoms in total. The Kier molecular flexibility index (Phi) is 14.1. The van der Waals surface area contributed by atoms with Gasteiger partial charge in [0.2, 0.25) is 5.91 Å². The second kappa shape index (κ2) is 13.5. The van der Waals surface area contributed by atoms with Crippen LogP contribution in [0.3, 0.4) is 0 Å². The van der Waals surface area contributed by atoms with E-state index in [0.29, 0.717) is 0 Å². The Balaban J connectivity index is 0. The smallest absolute Gasteiger partial charge is 0.243 e. The molecule has 0 unspecified atom stereocenters. The number of hydrogen-bond acceptors (Lipinski definition) is 4. The number of hydrogen-bond donors (Lipinski definition) is 1. The van der Waals surface area contributed by atoms with Crippen molar-refractivity contribution in [3.05, 3.63) is 24.3 Å². The zero-order valence-corrected chi connectivity index (χ0v) is 14.5. The highest BCUT2D eigenvalue weighted by Gasteiger charge is 2.00. The number of carbonyl (C=O) groups excluding carboxylic acids is 2. The van der Waals surface area contributed by atoms with E-state index < -0.39 is 0 Å². The monoisotopic (exact) mass is 297 g/mol. The Morgan fingerprint density at radius 1 is 0.952 bits per heavy atom. The molecule has 0 aromatic heterocycles. The van der Waals surface area contributed by atoms with Crippen LogP contribution in [0.1, 0.15) is 13.8 Å². The van der Waals surface area contributed by atoms with Crippen LogP contribution in [-0.2, 0) is 9.59 Å². The summed E-state index contributed by atoms with van der Waals surface area (Å²) in [6, 6.07) is 0. The van der Waals surface area contributed by atoms with E-state index in [2.05, 4.69) is 5.32 Å². The Labute approximate surface area is 129 Å². The fourth-order valence-electron chi connectivity index (χ4n) is 1.03. The van der Waals surface area contributed by atoms with Gasteiger partial charge in [0.1, 0.15) is 0 Å². The second-order valence-electron chi connectivity index (χ2n) is 5.50. The van der Waals surface area contributed by atoms with Crippen LogP contribution in [0.25, 0.3) is 0 Å². The van der Waals surface area contributed by atoms with Crippen molar-refractivity contribution >= 4 is 11.7 Å². The molecule has 0 rings (SSSR count). The summed E-state index contributed by atoms with van der Waals surface area (Å²) in [6.45, 7) is 5.44. The summed E-state index contributed by atoms with van der Waals surface area (Å²) >= 11 is 0. The van der Waals surface area contributed by atoms with Gasteiger partial charge in [0.15, 0.2) is 5.78 Å². The van der Waals surface area contributed by atoms with Crippen molar-refractivity contribution in [2.45, 2.75) is 13.8 Å². The first-order valence-electron chi connectivity index (χ1n) is 7.08. The van der Waals surface area contributed by atoms with E-state index >= 15 is 0 Å². The number of ketones is 1. The molecule has 0 aliphatic heterocycles. The van der Waals surface area contributed by atoms with Gasteiger partial charge in [-0.1, -0.05) is 26.0 Å². The molecule has 0 aliphatic carbocycles. The van der Waals surface area contributed by atoms with E-state index in [1.165, 1.54) is 6.08 Å². The van der Waals surface area contributed by atoms with Crippen molar-refractivity contribution in [2.24, 2.45) is 5.92 Å². The van der Waals surface area contributed by atoms with Crippen LogP contribution >= 0.6 is 0 Å². The number of nitrogens with one attached hydrogen (secondary N) is 1. The molecule has 0 aromatic rings. The van der Waals surface area contributed by atoms with Crippen molar-refractivity contribution in [2.75, 3.05) is 48.3 Å². The molecule has 0 saturated carbocycles. The minimum absolute atomic E-state index is 0.0538. The first kappa shape index (κ1) is 21.8. The SMILES string of the molecule is CC(C)C(=O)/C=C/CN(C)C.CNC(=O)/C=C/CN(C)C. The summed E-state index contributed by atoms with van der Waals surface area (Å²) in [4.78, 5) is 25.6. The molecular weight excluding hydrogens is 266 g/mol. The van der Waals surface area contributed by atoms with E-state index in [1.54, 1.807) is 13.1 Å². The van der Waals surface area contributed by atoms with Crippen molar-refractivity contribution in [1.82, 2.24) is 15.1 Å². The van der Waals surface area contributed by atoms with Crippen molar-refractivity contribution < 1.29 is 9.59 Å². The summed E-state index contributed by atoms with van der Waals surface area (Å²) in [5.41, 5.74) is 0. The summed E-state index contributed by atoms with van der Waals surface area (Å²) < 4.78 is 0. The summed E-state index contributed by atoms with van der Waals surface area (Å²) in [6.07, 6.45) is 6.89. The molecule has 1 amide bonds. The summed E-state index contributed by atoms with van der Waals surface area (Å²) in [7, 11) is 9.47. The molecule has 5 heteroatoms. The van der Waals surface area contributed by atoms with Gasteiger partial charge in [0.25, 0.3) is 0 Å². The molecule has 0 aromatic carbocycles. The zero-order valence-electron chi connectivity index (χ0n) is 14.5. The molecule has 0 bridgehead atoms. The van der Waals surface area contributed by atoms with Gasteiger partial charge in [0, 0.05) is 32.1 Å². The van der Waals surface area contributed by atoms with E-state index in [0.717, 1.165) is 13.1 Å². The lowest BCUT2D eigenvalue weighted by Crippen LogP contribution is -2.16. The lowest BCUT2D eigenvalue weighted by molar-refractivity contribution is -0.117. The van der Waals surface area contributed by atoms with Crippen LogP contribution < -0.4 is 5.32 Å². The lowest BCUT2D eigenvalue weighted by Gasteiger charge is -2.03. The Bertz CT molecular complexity index is 345. The molecule has 0 atom stereocenters.